The first-order valence-electron chi connectivity index (χ1n) is 6.92. The molecular weight excluding hydrogens is 378 g/mol. The van der Waals surface area contributed by atoms with Gasteiger partial charge in [-0.05, 0) is 47.3 Å². The monoisotopic (exact) mass is 391 g/mol. The molecule has 0 spiro atoms. The zero-order valence-corrected chi connectivity index (χ0v) is 14.8. The lowest BCUT2D eigenvalue weighted by Crippen LogP contribution is -2.20. The predicted molar refractivity (Wildman–Crippen MR) is 94.6 cm³/mol. The van der Waals surface area contributed by atoms with Gasteiger partial charge in [0.1, 0.15) is 0 Å². The van der Waals surface area contributed by atoms with Gasteiger partial charge in [0, 0.05) is 22.3 Å². The molecule has 6 heteroatoms. The standard InChI is InChI=1S/C17H14BrNO3S/c1-23(21,22)15-5-2-12(3-6-15)11-19-9-8-13-10-14(18)4-7-16(13)17(19)20/h2-10H,11H2,1H3. The number of aromatic nitrogens is 1. The van der Waals surface area contributed by atoms with Crippen molar-refractivity contribution in [2.24, 2.45) is 0 Å². The highest BCUT2D eigenvalue weighted by Crippen LogP contribution is 2.17. The quantitative estimate of drug-likeness (QED) is 0.688. The fourth-order valence-electron chi connectivity index (χ4n) is 2.42. The minimum absolute atomic E-state index is 0.0674. The van der Waals surface area contributed by atoms with Gasteiger partial charge in [-0.2, -0.15) is 0 Å². The van der Waals surface area contributed by atoms with Gasteiger partial charge in [0.2, 0.25) is 0 Å². The van der Waals surface area contributed by atoms with Gasteiger partial charge in [0.05, 0.1) is 11.4 Å². The Morgan fingerprint density at radius 2 is 1.74 bits per heavy atom. The maximum atomic E-state index is 12.5. The number of hydrogen-bond acceptors (Lipinski definition) is 3. The highest BCUT2D eigenvalue weighted by atomic mass is 79.9. The number of pyridine rings is 1. The summed E-state index contributed by atoms with van der Waals surface area (Å²) in [7, 11) is -3.21. The number of fused-ring (bicyclic) bond motifs is 1. The Bertz CT molecular complexity index is 1040. The molecule has 0 amide bonds. The lowest BCUT2D eigenvalue weighted by Gasteiger charge is -2.08. The van der Waals surface area contributed by atoms with E-state index in [-0.39, 0.29) is 10.5 Å². The maximum Gasteiger partial charge on any atom is 0.258 e. The smallest absolute Gasteiger partial charge is 0.258 e. The van der Waals surface area contributed by atoms with E-state index < -0.39 is 9.84 Å². The normalized spacial score (nSPS) is 11.7. The van der Waals surface area contributed by atoms with E-state index in [9.17, 15) is 13.2 Å². The zero-order valence-electron chi connectivity index (χ0n) is 12.4. The molecule has 0 atom stereocenters. The van der Waals surface area contributed by atoms with Crippen molar-refractivity contribution in [3.63, 3.8) is 0 Å². The zero-order chi connectivity index (χ0) is 16.6. The van der Waals surface area contributed by atoms with Gasteiger partial charge in [-0.25, -0.2) is 8.42 Å². The molecule has 23 heavy (non-hydrogen) atoms. The van der Waals surface area contributed by atoms with E-state index in [4.69, 9.17) is 0 Å². The van der Waals surface area contributed by atoms with E-state index in [1.165, 1.54) is 6.26 Å². The summed E-state index contributed by atoms with van der Waals surface area (Å²) >= 11 is 3.39. The topological polar surface area (TPSA) is 56.1 Å². The molecule has 0 aliphatic rings. The molecule has 0 radical (unpaired) electrons. The van der Waals surface area contributed by atoms with Gasteiger partial charge in [-0.3, -0.25) is 4.79 Å². The largest absolute Gasteiger partial charge is 0.311 e. The van der Waals surface area contributed by atoms with Crippen molar-refractivity contribution >= 4 is 36.5 Å². The molecule has 0 aliphatic carbocycles. The van der Waals surface area contributed by atoms with Crippen LogP contribution in [0.5, 0.6) is 0 Å². The minimum Gasteiger partial charge on any atom is -0.311 e. The first kappa shape index (κ1) is 16.0. The molecule has 0 N–H and O–H groups in total. The number of hydrogen-bond donors (Lipinski definition) is 0. The van der Waals surface area contributed by atoms with Crippen LogP contribution in [-0.2, 0) is 16.4 Å². The van der Waals surface area contributed by atoms with Crippen molar-refractivity contribution in [1.82, 2.24) is 4.57 Å². The molecule has 0 aliphatic heterocycles. The van der Waals surface area contributed by atoms with Gasteiger partial charge >= 0.3 is 0 Å². The van der Waals surface area contributed by atoms with Crippen LogP contribution < -0.4 is 5.56 Å². The maximum absolute atomic E-state index is 12.5. The van der Waals surface area contributed by atoms with E-state index in [0.717, 1.165) is 15.4 Å². The van der Waals surface area contributed by atoms with E-state index >= 15 is 0 Å². The molecule has 0 unspecified atom stereocenters. The Morgan fingerprint density at radius 3 is 2.39 bits per heavy atom. The third-order valence-corrected chi connectivity index (χ3v) is 5.27. The van der Waals surface area contributed by atoms with Crippen LogP contribution >= 0.6 is 15.9 Å². The molecule has 1 heterocycles. The number of sulfone groups is 1. The molecule has 1 aromatic heterocycles. The van der Waals surface area contributed by atoms with Crippen LogP contribution in [0.15, 0.2) is 68.9 Å². The summed E-state index contributed by atoms with van der Waals surface area (Å²) in [6.45, 7) is 0.398. The van der Waals surface area contributed by atoms with Crippen LogP contribution in [-0.4, -0.2) is 19.2 Å². The number of benzene rings is 2. The number of rotatable bonds is 3. The lowest BCUT2D eigenvalue weighted by molar-refractivity contribution is 0.602. The Balaban J connectivity index is 1.97. The van der Waals surface area contributed by atoms with Gasteiger partial charge in [-0.1, -0.05) is 28.1 Å². The summed E-state index contributed by atoms with van der Waals surface area (Å²) < 4.78 is 25.5. The van der Waals surface area contributed by atoms with E-state index in [0.29, 0.717) is 11.9 Å². The Kier molecular flexibility index (Phi) is 4.12. The summed E-state index contributed by atoms with van der Waals surface area (Å²) in [5, 5.41) is 1.54. The van der Waals surface area contributed by atoms with Crippen molar-refractivity contribution in [1.29, 1.82) is 0 Å². The molecule has 3 rings (SSSR count). The third-order valence-electron chi connectivity index (χ3n) is 3.64. The summed E-state index contributed by atoms with van der Waals surface area (Å²) in [4.78, 5) is 12.8. The molecular formula is C17H14BrNO3S. The Labute approximate surface area is 142 Å². The van der Waals surface area contributed by atoms with Crippen molar-refractivity contribution in [2.75, 3.05) is 6.26 Å². The average Bonchev–Trinajstić information content (AvgIpc) is 2.50. The predicted octanol–water partition coefficient (Wildman–Crippen LogP) is 3.22. The molecule has 0 saturated carbocycles. The van der Waals surface area contributed by atoms with Crippen molar-refractivity contribution < 1.29 is 8.42 Å². The number of nitrogens with zero attached hydrogens (tertiary/aromatic N) is 1. The number of halogens is 1. The molecule has 4 nitrogen and oxygen atoms in total. The fraction of sp³-hybridized carbons (Fsp3) is 0.118. The summed E-state index contributed by atoms with van der Waals surface area (Å²) in [5.74, 6) is 0. The van der Waals surface area contributed by atoms with Crippen LogP contribution in [0.2, 0.25) is 0 Å². The first-order valence-corrected chi connectivity index (χ1v) is 9.61. The lowest BCUT2D eigenvalue weighted by atomic mass is 10.1. The van der Waals surface area contributed by atoms with Crippen LogP contribution in [0, 0.1) is 0 Å². The Morgan fingerprint density at radius 1 is 1.04 bits per heavy atom. The second-order valence-electron chi connectivity index (χ2n) is 5.40. The van der Waals surface area contributed by atoms with Crippen LogP contribution in [0.4, 0.5) is 0 Å². The average molecular weight is 392 g/mol. The molecule has 0 saturated heterocycles. The van der Waals surface area contributed by atoms with E-state index in [2.05, 4.69) is 15.9 Å². The summed E-state index contributed by atoms with van der Waals surface area (Å²) in [5.41, 5.74) is 0.804. The van der Waals surface area contributed by atoms with Crippen molar-refractivity contribution in [3.8, 4) is 0 Å². The SMILES string of the molecule is CS(=O)(=O)c1ccc(Cn2ccc3cc(Br)ccc3c2=O)cc1. The van der Waals surface area contributed by atoms with Gasteiger partial charge in [0.25, 0.3) is 5.56 Å². The van der Waals surface area contributed by atoms with Gasteiger partial charge in [0.15, 0.2) is 9.84 Å². The molecule has 0 bridgehead atoms. The van der Waals surface area contributed by atoms with Crippen LogP contribution in [0.25, 0.3) is 10.8 Å². The van der Waals surface area contributed by atoms with Crippen molar-refractivity contribution in [2.45, 2.75) is 11.4 Å². The fourth-order valence-corrected chi connectivity index (χ4v) is 3.43. The van der Waals surface area contributed by atoms with E-state index in [1.54, 1.807) is 41.1 Å². The Hall–Kier alpha value is -1.92. The van der Waals surface area contributed by atoms with Crippen molar-refractivity contribution in [3.05, 3.63) is 75.1 Å². The van der Waals surface area contributed by atoms with E-state index in [1.807, 2.05) is 18.2 Å². The molecule has 0 fully saturated rings. The molecule has 2 aromatic carbocycles. The summed E-state index contributed by atoms with van der Waals surface area (Å²) in [6, 6.07) is 14.0. The van der Waals surface area contributed by atoms with Gasteiger partial charge in [-0.15, -0.1) is 0 Å². The molecule has 3 aromatic rings. The second kappa shape index (κ2) is 5.94. The van der Waals surface area contributed by atoms with Gasteiger partial charge < -0.3 is 4.57 Å². The summed E-state index contributed by atoms with van der Waals surface area (Å²) in [6.07, 6.45) is 2.93. The third kappa shape index (κ3) is 3.38. The van der Waals surface area contributed by atoms with Crippen LogP contribution in [0.1, 0.15) is 5.56 Å². The first-order chi connectivity index (χ1) is 10.8. The second-order valence-corrected chi connectivity index (χ2v) is 8.33. The highest BCUT2D eigenvalue weighted by molar-refractivity contribution is 9.10. The molecule has 118 valence electrons. The minimum atomic E-state index is -3.21. The highest BCUT2D eigenvalue weighted by Gasteiger charge is 2.07. The van der Waals surface area contributed by atoms with Crippen LogP contribution in [0.3, 0.4) is 0 Å².